The molecule has 42 heavy (non-hydrogen) atoms. The van der Waals surface area contributed by atoms with E-state index >= 15 is 0 Å². The molecule has 5 N–H and O–H groups in total. The van der Waals surface area contributed by atoms with Gasteiger partial charge in [-0.05, 0) is 67.9 Å². The van der Waals surface area contributed by atoms with Crippen LogP contribution in [0.2, 0.25) is 0 Å². The number of likely N-dealkylation sites (tertiary alicyclic amines) is 1. The minimum absolute atomic E-state index is 0.0108. The summed E-state index contributed by atoms with van der Waals surface area (Å²) < 4.78 is 14.1. The number of aromatic hydroxyl groups is 1. The molecule has 0 aliphatic carbocycles. The second-order valence-corrected chi connectivity index (χ2v) is 11.6. The molecule has 0 saturated carbocycles. The van der Waals surface area contributed by atoms with Crippen LogP contribution in [0.4, 0.5) is 14.9 Å². The van der Waals surface area contributed by atoms with E-state index in [4.69, 9.17) is 5.73 Å². The highest BCUT2D eigenvalue weighted by Gasteiger charge is 2.43. The van der Waals surface area contributed by atoms with Gasteiger partial charge in [0.25, 0.3) is 5.91 Å². The fourth-order valence-electron chi connectivity index (χ4n) is 5.54. The maximum Gasteiger partial charge on any atom is 0.323 e. The van der Waals surface area contributed by atoms with E-state index in [1.54, 1.807) is 53.4 Å². The van der Waals surface area contributed by atoms with Gasteiger partial charge in [0.1, 0.15) is 24.2 Å². The Morgan fingerprint density at radius 1 is 1.00 bits per heavy atom. The first-order valence-electron chi connectivity index (χ1n) is 14.1. The van der Waals surface area contributed by atoms with Gasteiger partial charge in [-0.2, -0.15) is 0 Å². The minimum atomic E-state index is -0.951. The summed E-state index contributed by atoms with van der Waals surface area (Å²) in [6.45, 7) is 5.71. The molecule has 3 aromatic rings. The Balaban J connectivity index is 1.58. The van der Waals surface area contributed by atoms with Gasteiger partial charge in [0.2, 0.25) is 5.91 Å². The number of nitrogens with two attached hydrogens (primary N) is 1. The number of hydrogen-bond acceptors (Lipinski definition) is 4. The first-order chi connectivity index (χ1) is 19.9. The van der Waals surface area contributed by atoms with Crippen LogP contribution in [0.3, 0.4) is 0 Å². The summed E-state index contributed by atoms with van der Waals surface area (Å²) in [7, 11) is 2.08. The fourth-order valence-corrected chi connectivity index (χ4v) is 5.54. The molecular weight excluding hydrogens is 537 g/mol. The Labute approximate surface area is 245 Å². The molecule has 4 rings (SSSR count). The van der Waals surface area contributed by atoms with Crippen molar-refractivity contribution in [1.29, 1.82) is 0 Å². The molecule has 1 saturated heterocycles. The number of carbonyl (C=O) groups excluding carboxylic acids is 3. The highest BCUT2D eigenvalue weighted by Crippen LogP contribution is 2.28. The van der Waals surface area contributed by atoms with Crippen molar-refractivity contribution in [3.05, 3.63) is 95.3 Å². The predicted molar refractivity (Wildman–Crippen MR) is 159 cm³/mol. The maximum absolute atomic E-state index is 13.9. The molecule has 0 radical (unpaired) electrons. The average Bonchev–Trinajstić information content (AvgIpc) is 3.31. The number of phenols is 1. The Morgan fingerprint density at radius 3 is 2.21 bits per heavy atom. The third-order valence-electron chi connectivity index (χ3n) is 7.61. The lowest BCUT2D eigenvalue weighted by Crippen LogP contribution is -2.56. The number of halogens is 1. The van der Waals surface area contributed by atoms with Gasteiger partial charge in [-0.3, -0.25) is 9.59 Å². The van der Waals surface area contributed by atoms with Crippen LogP contribution < -0.4 is 16.4 Å². The number of quaternary nitrogens is 1. The Hall–Kier alpha value is -4.44. The molecule has 3 atom stereocenters. The van der Waals surface area contributed by atoms with Crippen LogP contribution in [0, 0.1) is 5.82 Å². The fraction of sp³-hybridized carbons (Fsp3) is 0.344. The smallest absolute Gasteiger partial charge is 0.323 e. The molecule has 10 heteroatoms. The molecule has 3 aromatic carbocycles. The highest BCUT2D eigenvalue weighted by atomic mass is 19.1. The number of nitrogens with zero attached hydrogens (tertiary/aromatic N) is 2. The SMILES string of the molecule is CC(C)NC(=O)c1ccc(NC(=O)N([C@@H]2CC[N+](C)(Cc3ccc(F)cc3)C2)[C@@H](Cc2ccc(O)cc2)C(N)=O)cc1. The Bertz CT molecular complexity index is 1400. The van der Waals surface area contributed by atoms with Gasteiger partial charge in [0, 0.05) is 35.7 Å². The molecule has 0 aromatic heterocycles. The molecule has 1 heterocycles. The van der Waals surface area contributed by atoms with Gasteiger partial charge in [0.05, 0.1) is 26.2 Å². The quantitative estimate of drug-likeness (QED) is 0.272. The number of carbonyl (C=O) groups is 3. The number of phenolic OH excluding ortho intramolecular Hbond substituents is 1. The molecule has 1 aliphatic rings. The van der Waals surface area contributed by atoms with Crippen LogP contribution in [0.25, 0.3) is 0 Å². The average molecular weight is 577 g/mol. The van der Waals surface area contributed by atoms with E-state index in [1.165, 1.54) is 24.3 Å². The number of hydrogen-bond donors (Lipinski definition) is 4. The highest BCUT2D eigenvalue weighted by molar-refractivity contribution is 5.96. The number of benzene rings is 3. The van der Waals surface area contributed by atoms with Gasteiger partial charge < -0.3 is 30.9 Å². The van der Waals surface area contributed by atoms with Crippen LogP contribution in [-0.2, 0) is 17.8 Å². The minimum Gasteiger partial charge on any atom is -0.508 e. The van der Waals surface area contributed by atoms with Gasteiger partial charge >= 0.3 is 6.03 Å². The topological polar surface area (TPSA) is 125 Å². The van der Waals surface area contributed by atoms with Crippen LogP contribution in [-0.4, -0.2) is 70.6 Å². The van der Waals surface area contributed by atoms with E-state index in [9.17, 15) is 23.9 Å². The van der Waals surface area contributed by atoms with Crippen molar-refractivity contribution < 1.29 is 28.4 Å². The van der Waals surface area contributed by atoms with E-state index in [0.29, 0.717) is 35.2 Å². The molecular formula is C32H39FN5O4+. The lowest BCUT2D eigenvalue weighted by molar-refractivity contribution is -0.911. The van der Waals surface area contributed by atoms with Crippen LogP contribution in [0.5, 0.6) is 5.75 Å². The van der Waals surface area contributed by atoms with Gasteiger partial charge in [-0.25, -0.2) is 9.18 Å². The number of anilines is 1. The number of rotatable bonds is 10. The van der Waals surface area contributed by atoms with Crippen LogP contribution >= 0.6 is 0 Å². The van der Waals surface area contributed by atoms with Gasteiger partial charge in [-0.15, -0.1) is 0 Å². The van der Waals surface area contributed by atoms with Crippen molar-refractivity contribution in [2.24, 2.45) is 5.73 Å². The largest absolute Gasteiger partial charge is 0.508 e. The van der Waals surface area contributed by atoms with Crippen LogP contribution in [0.15, 0.2) is 72.8 Å². The van der Waals surface area contributed by atoms with Crippen molar-refractivity contribution in [2.75, 3.05) is 25.5 Å². The molecule has 1 aliphatic heterocycles. The second kappa shape index (κ2) is 13.0. The Morgan fingerprint density at radius 2 is 1.62 bits per heavy atom. The molecule has 222 valence electrons. The van der Waals surface area contributed by atoms with Gasteiger partial charge in [0.15, 0.2) is 0 Å². The first-order valence-corrected chi connectivity index (χ1v) is 14.1. The van der Waals surface area contributed by atoms with E-state index in [-0.39, 0.29) is 36.0 Å². The van der Waals surface area contributed by atoms with E-state index in [2.05, 4.69) is 17.7 Å². The zero-order valence-corrected chi connectivity index (χ0v) is 24.2. The third kappa shape index (κ3) is 7.85. The maximum atomic E-state index is 13.9. The van der Waals surface area contributed by atoms with E-state index in [0.717, 1.165) is 17.7 Å². The summed E-state index contributed by atoms with van der Waals surface area (Å²) in [4.78, 5) is 40.7. The van der Waals surface area contributed by atoms with E-state index < -0.39 is 18.0 Å². The predicted octanol–water partition coefficient (Wildman–Crippen LogP) is 4.02. The van der Waals surface area contributed by atoms with Crippen molar-refractivity contribution in [3.8, 4) is 5.75 Å². The number of amides is 4. The number of nitrogens with one attached hydrogen (secondary N) is 2. The van der Waals surface area contributed by atoms with Crippen molar-refractivity contribution in [2.45, 2.75) is 51.4 Å². The number of urea groups is 1. The number of likely N-dealkylation sites (N-methyl/N-ethyl adjacent to an activating group) is 1. The third-order valence-corrected chi connectivity index (χ3v) is 7.61. The Kier molecular flexibility index (Phi) is 9.47. The summed E-state index contributed by atoms with van der Waals surface area (Å²) in [5.41, 5.74) is 8.58. The molecule has 1 unspecified atom stereocenters. The lowest BCUT2D eigenvalue weighted by atomic mass is 10.0. The summed E-state index contributed by atoms with van der Waals surface area (Å²) in [6.07, 6.45) is 0.814. The van der Waals surface area contributed by atoms with Crippen LogP contribution in [0.1, 0.15) is 41.8 Å². The zero-order chi connectivity index (χ0) is 30.4. The molecule has 0 bridgehead atoms. The molecule has 4 amide bonds. The summed E-state index contributed by atoms with van der Waals surface area (Å²) in [5, 5.41) is 15.4. The molecule has 0 spiro atoms. The van der Waals surface area contributed by atoms with E-state index in [1.807, 2.05) is 13.8 Å². The standard InChI is InChI=1S/C32H38FN5O4/c1-21(2)35-31(41)24-8-12-26(13-9-24)36-32(42)37(29(30(34)40)18-22-6-14-28(39)15-7-22)27-16-17-38(3,20-27)19-23-4-10-25(33)11-5-23/h4-15,21,27,29H,16-20H2,1-3H3,(H4-,34,35,36,39,40,41,42)/p+1/t27-,29+,38?/m1/s1. The summed E-state index contributed by atoms with van der Waals surface area (Å²) in [6, 6.07) is 17.7. The number of primary amides is 1. The second-order valence-electron chi connectivity index (χ2n) is 11.6. The lowest BCUT2D eigenvalue weighted by Gasteiger charge is -2.36. The van der Waals surface area contributed by atoms with Crippen molar-refractivity contribution >= 4 is 23.5 Å². The summed E-state index contributed by atoms with van der Waals surface area (Å²) >= 11 is 0. The van der Waals surface area contributed by atoms with Crippen molar-refractivity contribution in [1.82, 2.24) is 10.2 Å². The molecule has 1 fully saturated rings. The van der Waals surface area contributed by atoms with Gasteiger partial charge in [-0.1, -0.05) is 24.3 Å². The normalized spacial score (nSPS) is 18.8. The first kappa shape index (κ1) is 30.5. The zero-order valence-electron chi connectivity index (χ0n) is 24.2. The summed E-state index contributed by atoms with van der Waals surface area (Å²) in [5.74, 6) is -1.05. The van der Waals surface area contributed by atoms with Crippen molar-refractivity contribution in [3.63, 3.8) is 0 Å². The monoisotopic (exact) mass is 576 g/mol. The molecule has 9 nitrogen and oxygen atoms in total.